The molecule has 32 heavy (non-hydrogen) atoms. The molecule has 0 saturated carbocycles. The molecule has 0 bridgehead atoms. The number of aryl methyl sites for hydroxylation is 1. The molecule has 3 aromatic carbocycles. The molecule has 1 N–H and O–H groups in total. The van der Waals surface area contributed by atoms with Gasteiger partial charge < -0.3 is 5.32 Å². The number of rotatable bonds is 7. The summed E-state index contributed by atoms with van der Waals surface area (Å²) in [4.78, 5) is 13.2. The molecule has 1 aliphatic heterocycles. The highest BCUT2D eigenvalue weighted by molar-refractivity contribution is 7.89. The first-order valence-corrected chi connectivity index (χ1v) is 12.7. The molecule has 0 aliphatic carbocycles. The Morgan fingerprint density at radius 3 is 2.53 bits per heavy atom. The van der Waals surface area contributed by atoms with E-state index < -0.39 is 10.0 Å². The summed E-state index contributed by atoms with van der Waals surface area (Å²) >= 11 is 0. The predicted octanol–water partition coefficient (Wildman–Crippen LogP) is 4.38. The van der Waals surface area contributed by atoms with Crippen molar-refractivity contribution in [1.82, 2.24) is 9.62 Å². The van der Waals surface area contributed by atoms with Crippen LogP contribution in [0.15, 0.2) is 77.7 Å². The monoisotopic (exact) mass is 450 g/mol. The van der Waals surface area contributed by atoms with Crippen molar-refractivity contribution in [2.24, 2.45) is 5.92 Å². The number of nitrogens with one attached hydrogen (secondary N) is 1. The predicted molar refractivity (Wildman–Crippen MR) is 128 cm³/mol. The number of benzene rings is 3. The number of piperidine rings is 1. The largest absolute Gasteiger partial charge is 0.353 e. The third kappa shape index (κ3) is 5.19. The van der Waals surface area contributed by atoms with Crippen molar-refractivity contribution in [1.29, 1.82) is 0 Å². The minimum atomic E-state index is -3.64. The summed E-state index contributed by atoms with van der Waals surface area (Å²) < 4.78 is 28.0. The van der Waals surface area contributed by atoms with E-state index in [1.807, 2.05) is 55.5 Å². The summed E-state index contributed by atoms with van der Waals surface area (Å²) in [6.07, 6.45) is 3.14. The molecule has 1 fully saturated rings. The van der Waals surface area contributed by atoms with Crippen molar-refractivity contribution >= 4 is 26.7 Å². The van der Waals surface area contributed by atoms with Crippen LogP contribution in [-0.2, 0) is 21.2 Å². The zero-order valence-electron chi connectivity index (χ0n) is 18.4. The van der Waals surface area contributed by atoms with E-state index in [1.54, 1.807) is 12.1 Å². The smallest absolute Gasteiger partial charge is 0.243 e. The summed E-state index contributed by atoms with van der Waals surface area (Å²) in [6.45, 7) is 2.68. The van der Waals surface area contributed by atoms with E-state index in [-0.39, 0.29) is 29.3 Å². The van der Waals surface area contributed by atoms with Gasteiger partial charge in [0.05, 0.1) is 10.8 Å². The first-order valence-electron chi connectivity index (χ1n) is 11.3. The Balaban J connectivity index is 1.38. The molecular weight excluding hydrogens is 420 g/mol. The lowest BCUT2D eigenvalue weighted by molar-refractivity contribution is -0.126. The van der Waals surface area contributed by atoms with E-state index >= 15 is 0 Å². The first kappa shape index (κ1) is 22.5. The summed E-state index contributed by atoms with van der Waals surface area (Å²) in [6, 6.07) is 23.2. The molecule has 0 radical (unpaired) electrons. The summed E-state index contributed by atoms with van der Waals surface area (Å²) in [5.41, 5.74) is 1.25. The number of carbonyl (C=O) groups excluding carboxylic acids is 1. The maximum Gasteiger partial charge on any atom is 0.243 e. The van der Waals surface area contributed by atoms with Gasteiger partial charge in [0.25, 0.3) is 0 Å². The minimum Gasteiger partial charge on any atom is -0.353 e. The lowest BCUT2D eigenvalue weighted by Gasteiger charge is -2.32. The van der Waals surface area contributed by atoms with Crippen LogP contribution in [-0.4, -0.2) is 37.8 Å². The molecule has 0 aromatic heterocycles. The molecule has 4 rings (SSSR count). The molecule has 2 atom stereocenters. The van der Waals surface area contributed by atoms with Crippen LogP contribution in [0.25, 0.3) is 10.8 Å². The third-order valence-corrected chi connectivity index (χ3v) is 8.07. The Morgan fingerprint density at radius 1 is 1.03 bits per heavy atom. The number of amides is 1. The molecular formula is C26H30N2O3S. The second-order valence-electron chi connectivity index (χ2n) is 8.65. The molecule has 1 heterocycles. The third-order valence-electron chi connectivity index (χ3n) is 6.21. The molecule has 168 valence electrons. The van der Waals surface area contributed by atoms with E-state index in [0.717, 1.165) is 23.6 Å². The van der Waals surface area contributed by atoms with Gasteiger partial charge in [-0.25, -0.2) is 8.42 Å². The fourth-order valence-corrected chi connectivity index (χ4v) is 5.87. The molecule has 0 unspecified atom stereocenters. The van der Waals surface area contributed by atoms with Gasteiger partial charge in [-0.3, -0.25) is 4.79 Å². The van der Waals surface area contributed by atoms with Crippen molar-refractivity contribution < 1.29 is 13.2 Å². The molecule has 6 heteroatoms. The quantitative estimate of drug-likeness (QED) is 0.581. The topological polar surface area (TPSA) is 66.5 Å². The van der Waals surface area contributed by atoms with Crippen molar-refractivity contribution in [3.8, 4) is 0 Å². The molecule has 1 saturated heterocycles. The molecule has 1 aliphatic rings. The Hall–Kier alpha value is -2.70. The van der Waals surface area contributed by atoms with Crippen LogP contribution in [0.3, 0.4) is 0 Å². The highest BCUT2D eigenvalue weighted by Crippen LogP contribution is 2.26. The fraction of sp³-hybridized carbons (Fsp3) is 0.346. The lowest BCUT2D eigenvalue weighted by atomic mass is 9.98. The van der Waals surface area contributed by atoms with Crippen molar-refractivity contribution in [2.45, 2.75) is 43.5 Å². The Bertz CT molecular complexity index is 1180. The van der Waals surface area contributed by atoms with Crippen LogP contribution in [0.4, 0.5) is 0 Å². The molecule has 0 spiro atoms. The van der Waals surface area contributed by atoms with Gasteiger partial charge in [-0.1, -0.05) is 60.7 Å². The number of hydrogen-bond acceptors (Lipinski definition) is 3. The SMILES string of the molecule is C[C@H](CCc1ccccc1)NC(=O)[C@H]1CCCN(S(=O)(=O)c2ccc3ccccc3c2)C1. The number of nitrogens with zero attached hydrogens (tertiary/aromatic N) is 1. The second-order valence-corrected chi connectivity index (χ2v) is 10.6. The Labute approximate surface area is 190 Å². The van der Waals surface area contributed by atoms with Gasteiger partial charge in [0.1, 0.15) is 0 Å². The van der Waals surface area contributed by atoms with Crippen molar-refractivity contribution in [2.75, 3.05) is 13.1 Å². The van der Waals surface area contributed by atoms with Crippen LogP contribution >= 0.6 is 0 Å². The molecule has 1 amide bonds. The van der Waals surface area contributed by atoms with Gasteiger partial charge in [-0.2, -0.15) is 4.31 Å². The lowest BCUT2D eigenvalue weighted by Crippen LogP contribution is -2.47. The van der Waals surface area contributed by atoms with E-state index in [2.05, 4.69) is 17.4 Å². The standard InChI is InChI=1S/C26H30N2O3S/c1-20(13-14-21-8-3-2-4-9-21)27-26(29)24-12-7-17-28(19-24)32(30,31)25-16-15-22-10-5-6-11-23(22)18-25/h2-6,8-11,15-16,18,20,24H,7,12-14,17,19H2,1H3,(H,27,29)/t20-,24+/m1/s1. The van der Waals surface area contributed by atoms with Gasteiger partial charge in [0.15, 0.2) is 0 Å². The van der Waals surface area contributed by atoms with E-state index in [0.29, 0.717) is 19.4 Å². The van der Waals surface area contributed by atoms with Crippen LogP contribution in [0.1, 0.15) is 31.7 Å². The number of hydrogen-bond donors (Lipinski definition) is 1. The fourth-order valence-electron chi connectivity index (χ4n) is 4.31. The number of carbonyl (C=O) groups is 1. The highest BCUT2D eigenvalue weighted by atomic mass is 32.2. The molecule has 5 nitrogen and oxygen atoms in total. The minimum absolute atomic E-state index is 0.0372. The van der Waals surface area contributed by atoms with Gasteiger partial charge in [-0.15, -0.1) is 0 Å². The number of fused-ring (bicyclic) bond motifs is 1. The van der Waals surface area contributed by atoms with Crippen LogP contribution < -0.4 is 5.32 Å². The first-order chi connectivity index (χ1) is 15.4. The van der Waals surface area contributed by atoms with Crippen LogP contribution in [0, 0.1) is 5.92 Å². The van der Waals surface area contributed by atoms with Gasteiger partial charge in [0, 0.05) is 19.1 Å². The Morgan fingerprint density at radius 2 is 1.75 bits per heavy atom. The summed E-state index contributed by atoms with van der Waals surface area (Å²) in [5.74, 6) is -0.373. The average molecular weight is 451 g/mol. The van der Waals surface area contributed by atoms with Crippen molar-refractivity contribution in [3.05, 3.63) is 78.4 Å². The highest BCUT2D eigenvalue weighted by Gasteiger charge is 2.33. The molecule has 3 aromatic rings. The summed E-state index contributed by atoms with van der Waals surface area (Å²) in [5, 5.41) is 5.00. The zero-order chi connectivity index (χ0) is 22.6. The maximum atomic E-state index is 13.3. The van der Waals surface area contributed by atoms with E-state index in [1.165, 1.54) is 9.87 Å². The summed E-state index contributed by atoms with van der Waals surface area (Å²) in [7, 11) is -3.64. The van der Waals surface area contributed by atoms with Crippen LogP contribution in [0.2, 0.25) is 0 Å². The van der Waals surface area contributed by atoms with Crippen molar-refractivity contribution in [3.63, 3.8) is 0 Å². The van der Waals surface area contributed by atoms with E-state index in [4.69, 9.17) is 0 Å². The maximum absolute atomic E-state index is 13.3. The number of sulfonamides is 1. The second kappa shape index (κ2) is 9.84. The van der Waals surface area contributed by atoms with Gasteiger partial charge in [-0.05, 0) is 61.1 Å². The normalized spacial score (nSPS) is 18.3. The average Bonchev–Trinajstić information content (AvgIpc) is 2.83. The zero-order valence-corrected chi connectivity index (χ0v) is 19.2. The van der Waals surface area contributed by atoms with Gasteiger partial charge >= 0.3 is 0 Å². The van der Waals surface area contributed by atoms with E-state index in [9.17, 15) is 13.2 Å². The Kier molecular flexibility index (Phi) is 6.92. The van der Waals surface area contributed by atoms with Crippen LogP contribution in [0.5, 0.6) is 0 Å². The van der Waals surface area contributed by atoms with Gasteiger partial charge in [0.2, 0.25) is 15.9 Å².